The van der Waals surface area contributed by atoms with Gasteiger partial charge in [-0.05, 0) is 94.3 Å². The van der Waals surface area contributed by atoms with E-state index >= 15 is 0 Å². The average molecular weight is 500 g/mol. The number of nitrogens with one attached hydrogen (secondary N) is 2. The SMILES string of the molecule is Cc1cc(C)c(C)c(S(=O)(=O)N2CCC(C(=O)Nc3ccc(CC(=O)NC(C)C)cc3)CC2)c1C. The fraction of sp³-hybridized carbons (Fsp3) is 0.481. The molecule has 0 radical (unpaired) electrons. The lowest BCUT2D eigenvalue weighted by atomic mass is 9.97. The summed E-state index contributed by atoms with van der Waals surface area (Å²) in [5, 5.41) is 5.80. The monoisotopic (exact) mass is 499 g/mol. The number of benzene rings is 2. The molecule has 2 aromatic rings. The Kier molecular flexibility index (Phi) is 8.38. The number of carbonyl (C=O) groups excluding carboxylic acids is 2. The first-order chi connectivity index (χ1) is 16.4. The van der Waals surface area contributed by atoms with Crippen LogP contribution in [0.25, 0.3) is 0 Å². The van der Waals surface area contributed by atoms with E-state index in [9.17, 15) is 18.0 Å². The van der Waals surface area contributed by atoms with Crippen LogP contribution in [0.2, 0.25) is 0 Å². The van der Waals surface area contributed by atoms with Gasteiger partial charge in [0.05, 0.1) is 11.3 Å². The van der Waals surface area contributed by atoms with Crippen molar-refractivity contribution in [1.29, 1.82) is 0 Å². The number of hydrogen-bond donors (Lipinski definition) is 2. The van der Waals surface area contributed by atoms with E-state index < -0.39 is 10.0 Å². The Hall–Kier alpha value is -2.71. The zero-order chi connectivity index (χ0) is 25.9. The van der Waals surface area contributed by atoms with Gasteiger partial charge in [-0.25, -0.2) is 8.42 Å². The number of anilines is 1. The topological polar surface area (TPSA) is 95.6 Å². The molecule has 8 heteroatoms. The highest BCUT2D eigenvalue weighted by atomic mass is 32.2. The van der Waals surface area contributed by atoms with E-state index in [2.05, 4.69) is 10.6 Å². The van der Waals surface area contributed by atoms with Crippen LogP contribution in [0.5, 0.6) is 0 Å². The molecule has 0 saturated carbocycles. The number of nitrogens with zero attached hydrogens (tertiary/aromatic N) is 1. The van der Waals surface area contributed by atoms with Gasteiger partial charge in [0.25, 0.3) is 0 Å². The Labute approximate surface area is 209 Å². The molecule has 1 saturated heterocycles. The van der Waals surface area contributed by atoms with E-state index in [1.54, 1.807) is 12.1 Å². The van der Waals surface area contributed by atoms with Gasteiger partial charge in [0.2, 0.25) is 21.8 Å². The van der Waals surface area contributed by atoms with Gasteiger partial charge in [0.15, 0.2) is 0 Å². The van der Waals surface area contributed by atoms with Crippen LogP contribution in [0.4, 0.5) is 5.69 Å². The summed E-state index contributed by atoms with van der Waals surface area (Å²) < 4.78 is 28.4. The summed E-state index contributed by atoms with van der Waals surface area (Å²) in [6.07, 6.45) is 1.24. The van der Waals surface area contributed by atoms with E-state index in [1.165, 1.54) is 4.31 Å². The Bertz CT molecular complexity index is 1170. The molecule has 2 aromatic carbocycles. The van der Waals surface area contributed by atoms with Gasteiger partial charge >= 0.3 is 0 Å². The second-order valence-electron chi connectivity index (χ2n) is 9.85. The van der Waals surface area contributed by atoms with Crippen LogP contribution >= 0.6 is 0 Å². The molecule has 0 unspecified atom stereocenters. The Morgan fingerprint density at radius 2 is 1.51 bits per heavy atom. The molecule has 0 bridgehead atoms. The smallest absolute Gasteiger partial charge is 0.243 e. The van der Waals surface area contributed by atoms with Crippen molar-refractivity contribution in [2.24, 2.45) is 5.92 Å². The number of sulfonamides is 1. The highest BCUT2D eigenvalue weighted by molar-refractivity contribution is 7.89. The van der Waals surface area contributed by atoms with Gasteiger partial charge < -0.3 is 10.6 Å². The maximum atomic E-state index is 13.5. The molecule has 0 aliphatic carbocycles. The van der Waals surface area contributed by atoms with Crippen LogP contribution in [0.3, 0.4) is 0 Å². The van der Waals surface area contributed by atoms with Crippen molar-refractivity contribution in [2.45, 2.75) is 71.7 Å². The lowest BCUT2D eigenvalue weighted by molar-refractivity contribution is -0.121. The molecule has 3 rings (SSSR count). The maximum Gasteiger partial charge on any atom is 0.243 e. The van der Waals surface area contributed by atoms with Crippen molar-refractivity contribution in [3.63, 3.8) is 0 Å². The quantitative estimate of drug-likeness (QED) is 0.601. The second kappa shape index (κ2) is 10.9. The second-order valence-corrected chi connectivity index (χ2v) is 11.7. The summed E-state index contributed by atoms with van der Waals surface area (Å²) in [7, 11) is -3.63. The lowest BCUT2D eigenvalue weighted by Crippen LogP contribution is -2.41. The normalized spacial score (nSPS) is 15.3. The number of carbonyl (C=O) groups is 2. The van der Waals surface area contributed by atoms with Crippen molar-refractivity contribution in [3.05, 3.63) is 58.1 Å². The van der Waals surface area contributed by atoms with Crippen molar-refractivity contribution >= 4 is 27.5 Å². The molecule has 7 nitrogen and oxygen atoms in total. The minimum atomic E-state index is -3.63. The highest BCUT2D eigenvalue weighted by Gasteiger charge is 2.34. The first-order valence-electron chi connectivity index (χ1n) is 12.2. The number of rotatable bonds is 7. The fourth-order valence-corrected chi connectivity index (χ4v) is 6.61. The van der Waals surface area contributed by atoms with Gasteiger partial charge in [0, 0.05) is 30.7 Å². The minimum Gasteiger partial charge on any atom is -0.354 e. The van der Waals surface area contributed by atoms with Crippen LogP contribution in [-0.2, 0) is 26.0 Å². The van der Waals surface area contributed by atoms with Crippen LogP contribution in [0.15, 0.2) is 35.2 Å². The van der Waals surface area contributed by atoms with E-state index in [4.69, 9.17) is 0 Å². The van der Waals surface area contributed by atoms with E-state index in [1.807, 2.05) is 59.7 Å². The van der Waals surface area contributed by atoms with E-state index in [0.29, 0.717) is 42.9 Å². The van der Waals surface area contributed by atoms with Gasteiger partial charge in [-0.1, -0.05) is 18.2 Å². The van der Waals surface area contributed by atoms with Crippen LogP contribution < -0.4 is 10.6 Å². The molecule has 0 atom stereocenters. The zero-order valence-electron chi connectivity index (χ0n) is 21.6. The first-order valence-corrected chi connectivity index (χ1v) is 13.6. The molecule has 1 fully saturated rings. The summed E-state index contributed by atoms with van der Waals surface area (Å²) in [4.78, 5) is 25.2. The zero-order valence-corrected chi connectivity index (χ0v) is 22.4. The van der Waals surface area contributed by atoms with Gasteiger partial charge in [0.1, 0.15) is 0 Å². The standard InChI is InChI=1S/C27H37N3O4S/c1-17(2)28-25(31)16-22-7-9-24(10-8-22)29-27(32)23-11-13-30(14-12-23)35(33,34)26-20(5)18(3)15-19(4)21(26)6/h7-10,15,17,23H,11-14,16H2,1-6H3,(H,28,31)(H,29,32). The summed E-state index contributed by atoms with van der Waals surface area (Å²) >= 11 is 0. The molecule has 1 aliphatic heterocycles. The van der Waals surface area contributed by atoms with Crippen molar-refractivity contribution in [1.82, 2.24) is 9.62 Å². The van der Waals surface area contributed by atoms with Crippen LogP contribution in [-0.4, -0.2) is 43.7 Å². The summed E-state index contributed by atoms with van der Waals surface area (Å²) in [5.74, 6) is -0.393. The van der Waals surface area contributed by atoms with Gasteiger partial charge in [-0.15, -0.1) is 0 Å². The number of aryl methyl sites for hydroxylation is 2. The predicted octanol–water partition coefficient (Wildman–Crippen LogP) is 4.03. The number of hydrogen-bond acceptors (Lipinski definition) is 4. The summed E-state index contributed by atoms with van der Waals surface area (Å²) in [6, 6.07) is 9.37. The predicted molar refractivity (Wildman–Crippen MR) is 139 cm³/mol. The van der Waals surface area contributed by atoms with E-state index in [0.717, 1.165) is 27.8 Å². The fourth-order valence-electron chi connectivity index (χ4n) is 4.56. The molecule has 1 aliphatic rings. The third-order valence-corrected chi connectivity index (χ3v) is 8.93. The molecule has 1 heterocycles. The molecule has 2 N–H and O–H groups in total. The molecule has 190 valence electrons. The molecule has 2 amide bonds. The number of amides is 2. The van der Waals surface area contributed by atoms with Crippen LogP contribution in [0.1, 0.15) is 54.5 Å². The van der Waals surface area contributed by atoms with Crippen molar-refractivity contribution in [2.75, 3.05) is 18.4 Å². The van der Waals surface area contributed by atoms with Gasteiger partial charge in [-0.2, -0.15) is 4.31 Å². The Morgan fingerprint density at radius 3 is 2.03 bits per heavy atom. The average Bonchev–Trinajstić information content (AvgIpc) is 2.78. The third kappa shape index (κ3) is 6.30. The first kappa shape index (κ1) is 26.9. The molecule has 0 aromatic heterocycles. The summed E-state index contributed by atoms with van der Waals surface area (Å²) in [5.41, 5.74) is 5.05. The van der Waals surface area contributed by atoms with Crippen molar-refractivity contribution < 1.29 is 18.0 Å². The minimum absolute atomic E-state index is 0.0373. The molecule has 0 spiro atoms. The summed E-state index contributed by atoms with van der Waals surface area (Å²) in [6.45, 7) is 12.1. The van der Waals surface area contributed by atoms with Gasteiger partial charge in [-0.3, -0.25) is 9.59 Å². The highest BCUT2D eigenvalue weighted by Crippen LogP contribution is 2.31. The van der Waals surface area contributed by atoms with E-state index in [-0.39, 0.29) is 23.8 Å². The molecule has 35 heavy (non-hydrogen) atoms. The largest absolute Gasteiger partial charge is 0.354 e. The Morgan fingerprint density at radius 1 is 0.971 bits per heavy atom. The lowest BCUT2D eigenvalue weighted by Gasteiger charge is -2.31. The van der Waals surface area contributed by atoms with Crippen molar-refractivity contribution in [3.8, 4) is 0 Å². The Balaban J connectivity index is 1.60. The third-order valence-electron chi connectivity index (χ3n) is 6.76. The number of piperidine rings is 1. The molecular formula is C27H37N3O4S. The van der Waals surface area contributed by atoms with Crippen LogP contribution in [0, 0.1) is 33.6 Å². The molecular weight excluding hydrogens is 462 g/mol. The maximum absolute atomic E-state index is 13.5.